The minimum Gasteiger partial charge on any atom is -0.464 e. The van der Waals surface area contributed by atoms with Crippen molar-refractivity contribution in [3.8, 4) is 0 Å². The minimum atomic E-state index is -0.369. The Morgan fingerprint density at radius 3 is 2.85 bits per heavy atom. The molecular formula is C15H22N2O3. The smallest absolute Gasteiger partial charge is 0.242 e. The normalized spacial score (nSPS) is 18.9. The zero-order chi connectivity index (χ0) is 14.7. The molecule has 0 radical (unpaired) electrons. The first-order chi connectivity index (χ1) is 9.47. The Kier molecular flexibility index (Phi) is 4.47. The van der Waals surface area contributed by atoms with Gasteiger partial charge in [0, 0.05) is 13.0 Å². The van der Waals surface area contributed by atoms with Crippen molar-refractivity contribution < 1.29 is 14.0 Å². The molecule has 0 aliphatic carbocycles. The molecule has 1 fully saturated rings. The molecule has 2 amide bonds. The number of amides is 2. The summed E-state index contributed by atoms with van der Waals surface area (Å²) >= 11 is 0. The van der Waals surface area contributed by atoms with E-state index in [-0.39, 0.29) is 17.9 Å². The summed E-state index contributed by atoms with van der Waals surface area (Å²) in [4.78, 5) is 25.7. The Hall–Kier alpha value is -1.78. The highest BCUT2D eigenvalue weighted by molar-refractivity contribution is 5.90. The molecule has 5 heteroatoms. The van der Waals surface area contributed by atoms with Crippen LogP contribution in [0.4, 0.5) is 0 Å². The van der Waals surface area contributed by atoms with E-state index in [2.05, 4.69) is 5.32 Å². The molecule has 20 heavy (non-hydrogen) atoms. The van der Waals surface area contributed by atoms with Gasteiger partial charge in [-0.25, -0.2) is 0 Å². The van der Waals surface area contributed by atoms with Crippen LogP contribution in [-0.4, -0.2) is 29.3 Å². The molecular weight excluding hydrogens is 256 g/mol. The van der Waals surface area contributed by atoms with Crippen LogP contribution in [0.1, 0.15) is 38.2 Å². The Balaban J connectivity index is 2.00. The predicted molar refractivity (Wildman–Crippen MR) is 74.9 cm³/mol. The highest BCUT2D eigenvalue weighted by atomic mass is 16.3. The van der Waals surface area contributed by atoms with E-state index in [1.807, 2.05) is 32.9 Å². The lowest BCUT2D eigenvalue weighted by atomic mass is 10.2. The lowest BCUT2D eigenvalue weighted by Crippen LogP contribution is -2.45. The van der Waals surface area contributed by atoms with Crippen LogP contribution in [0.3, 0.4) is 0 Å². The summed E-state index contributed by atoms with van der Waals surface area (Å²) in [6, 6.07) is 3.35. The molecule has 0 unspecified atom stereocenters. The molecule has 1 atom stereocenters. The summed E-state index contributed by atoms with van der Waals surface area (Å²) in [5.41, 5.74) is 0. The molecule has 0 bridgehead atoms. The monoisotopic (exact) mass is 278 g/mol. The minimum absolute atomic E-state index is 0.0174. The summed E-state index contributed by atoms with van der Waals surface area (Å²) in [7, 11) is 0. The number of rotatable bonds is 5. The van der Waals surface area contributed by atoms with Gasteiger partial charge in [-0.1, -0.05) is 13.8 Å². The van der Waals surface area contributed by atoms with Gasteiger partial charge in [0.15, 0.2) is 0 Å². The molecule has 1 N–H and O–H groups in total. The van der Waals surface area contributed by atoms with Crippen molar-refractivity contribution in [2.45, 2.75) is 46.2 Å². The molecule has 0 saturated carbocycles. The van der Waals surface area contributed by atoms with Crippen molar-refractivity contribution in [3.05, 3.63) is 23.7 Å². The van der Waals surface area contributed by atoms with E-state index in [1.54, 1.807) is 4.90 Å². The Morgan fingerprint density at radius 2 is 2.25 bits per heavy atom. The second kappa shape index (κ2) is 6.11. The third-order valence-electron chi connectivity index (χ3n) is 3.44. The number of hydrogen-bond acceptors (Lipinski definition) is 3. The van der Waals surface area contributed by atoms with Gasteiger partial charge in [0.2, 0.25) is 11.8 Å². The Bertz CT molecular complexity index is 493. The van der Waals surface area contributed by atoms with E-state index < -0.39 is 0 Å². The highest BCUT2D eigenvalue weighted by Gasteiger charge is 2.36. The largest absolute Gasteiger partial charge is 0.464 e. The first kappa shape index (κ1) is 14.6. The van der Waals surface area contributed by atoms with Gasteiger partial charge in [0.05, 0.1) is 6.54 Å². The van der Waals surface area contributed by atoms with Crippen LogP contribution >= 0.6 is 0 Å². The number of furan rings is 1. The number of likely N-dealkylation sites (tertiary alicyclic amines) is 1. The van der Waals surface area contributed by atoms with Gasteiger partial charge in [-0.05, 0) is 31.4 Å². The summed E-state index contributed by atoms with van der Waals surface area (Å²) in [6.45, 7) is 6.96. The first-order valence-corrected chi connectivity index (χ1v) is 7.10. The SMILES string of the molecule is Cc1ccc(CN2C(=O)CC[C@@H]2C(=O)NCC(C)C)o1. The number of nitrogens with zero attached hydrogens (tertiary/aromatic N) is 1. The molecule has 1 aromatic rings. The molecule has 0 aromatic carbocycles. The molecule has 1 aliphatic heterocycles. The topological polar surface area (TPSA) is 62.6 Å². The van der Waals surface area contributed by atoms with Crippen LogP contribution in [0, 0.1) is 12.8 Å². The third kappa shape index (κ3) is 3.40. The number of aryl methyl sites for hydroxylation is 1. The van der Waals surface area contributed by atoms with Gasteiger partial charge in [0.25, 0.3) is 0 Å². The van der Waals surface area contributed by atoms with Crippen LogP contribution in [-0.2, 0) is 16.1 Å². The maximum atomic E-state index is 12.2. The van der Waals surface area contributed by atoms with Crippen molar-refractivity contribution in [3.63, 3.8) is 0 Å². The molecule has 1 aliphatic rings. The Morgan fingerprint density at radius 1 is 1.50 bits per heavy atom. The lowest BCUT2D eigenvalue weighted by Gasteiger charge is -2.23. The zero-order valence-corrected chi connectivity index (χ0v) is 12.3. The fourth-order valence-electron chi connectivity index (χ4n) is 2.36. The van der Waals surface area contributed by atoms with Crippen LogP contribution in [0.15, 0.2) is 16.5 Å². The molecule has 2 rings (SSSR count). The molecule has 110 valence electrons. The van der Waals surface area contributed by atoms with Crippen molar-refractivity contribution in [2.75, 3.05) is 6.54 Å². The third-order valence-corrected chi connectivity index (χ3v) is 3.44. The van der Waals surface area contributed by atoms with E-state index in [9.17, 15) is 9.59 Å². The van der Waals surface area contributed by atoms with Gasteiger partial charge >= 0.3 is 0 Å². The molecule has 1 saturated heterocycles. The van der Waals surface area contributed by atoms with Crippen LogP contribution in [0.2, 0.25) is 0 Å². The Labute approximate surface area is 119 Å². The van der Waals surface area contributed by atoms with Crippen LogP contribution in [0.25, 0.3) is 0 Å². The molecule has 1 aromatic heterocycles. The first-order valence-electron chi connectivity index (χ1n) is 7.10. The van der Waals surface area contributed by atoms with Crippen molar-refractivity contribution in [2.24, 2.45) is 5.92 Å². The van der Waals surface area contributed by atoms with E-state index >= 15 is 0 Å². The van der Waals surface area contributed by atoms with Crippen molar-refractivity contribution in [1.29, 1.82) is 0 Å². The summed E-state index contributed by atoms with van der Waals surface area (Å²) in [5.74, 6) is 1.89. The molecule has 2 heterocycles. The number of carbonyl (C=O) groups is 2. The predicted octanol–water partition coefficient (Wildman–Crippen LogP) is 1.85. The van der Waals surface area contributed by atoms with Crippen molar-refractivity contribution in [1.82, 2.24) is 10.2 Å². The second-order valence-corrected chi connectivity index (χ2v) is 5.73. The van der Waals surface area contributed by atoms with Crippen LogP contribution in [0.5, 0.6) is 0 Å². The van der Waals surface area contributed by atoms with Gasteiger partial charge in [-0.2, -0.15) is 0 Å². The zero-order valence-electron chi connectivity index (χ0n) is 12.3. The number of hydrogen-bond donors (Lipinski definition) is 1. The van der Waals surface area contributed by atoms with Gasteiger partial charge in [-0.3, -0.25) is 9.59 Å². The summed E-state index contributed by atoms with van der Waals surface area (Å²) in [5, 5.41) is 2.90. The average Bonchev–Trinajstić information content (AvgIpc) is 2.95. The quantitative estimate of drug-likeness (QED) is 0.894. The fraction of sp³-hybridized carbons (Fsp3) is 0.600. The fourth-order valence-corrected chi connectivity index (χ4v) is 2.36. The van der Waals surface area contributed by atoms with E-state index in [0.29, 0.717) is 31.8 Å². The maximum absolute atomic E-state index is 12.2. The molecule has 5 nitrogen and oxygen atoms in total. The van der Waals surface area contributed by atoms with E-state index in [4.69, 9.17) is 4.42 Å². The van der Waals surface area contributed by atoms with E-state index in [0.717, 1.165) is 11.5 Å². The standard InChI is InChI=1S/C15H22N2O3/c1-10(2)8-16-15(19)13-6-7-14(18)17(13)9-12-5-4-11(3)20-12/h4-5,10,13H,6-9H2,1-3H3,(H,16,19)/t13-/m1/s1. The number of carbonyl (C=O) groups excluding carboxylic acids is 2. The summed E-state index contributed by atoms with van der Waals surface area (Å²) in [6.07, 6.45) is 1.02. The second-order valence-electron chi connectivity index (χ2n) is 5.73. The maximum Gasteiger partial charge on any atom is 0.242 e. The van der Waals surface area contributed by atoms with E-state index in [1.165, 1.54) is 0 Å². The highest BCUT2D eigenvalue weighted by Crippen LogP contribution is 2.22. The van der Waals surface area contributed by atoms with Gasteiger partial charge in [0.1, 0.15) is 17.6 Å². The summed E-state index contributed by atoms with van der Waals surface area (Å²) < 4.78 is 5.49. The van der Waals surface area contributed by atoms with Crippen LogP contribution < -0.4 is 5.32 Å². The van der Waals surface area contributed by atoms with Gasteiger partial charge in [-0.15, -0.1) is 0 Å². The number of nitrogens with one attached hydrogen (secondary N) is 1. The lowest BCUT2D eigenvalue weighted by molar-refractivity contribution is -0.136. The van der Waals surface area contributed by atoms with Gasteiger partial charge < -0.3 is 14.6 Å². The molecule has 0 spiro atoms. The average molecular weight is 278 g/mol. The van der Waals surface area contributed by atoms with Crippen molar-refractivity contribution >= 4 is 11.8 Å².